The average Bonchev–Trinajstić information content (AvgIpc) is 2.85. The first-order valence-electron chi connectivity index (χ1n) is 6.38. The normalized spacial score (nSPS) is 14.2. The molecule has 0 spiro atoms. The molecule has 1 aromatic rings. The molecule has 1 N–H and O–H groups in total. The smallest absolute Gasteiger partial charge is 0.306 e. The van der Waals surface area contributed by atoms with Crippen molar-refractivity contribution in [2.45, 2.75) is 25.8 Å². The van der Waals surface area contributed by atoms with Crippen LogP contribution in [0.15, 0.2) is 18.2 Å². The van der Waals surface area contributed by atoms with E-state index in [-0.39, 0.29) is 12.0 Å². The van der Waals surface area contributed by atoms with E-state index in [1.807, 2.05) is 18.2 Å². The second-order valence-corrected chi connectivity index (χ2v) is 4.57. The van der Waals surface area contributed by atoms with Gasteiger partial charge in [0.15, 0.2) is 11.5 Å². The molecule has 1 atom stereocenters. The largest absolute Gasteiger partial charge is 0.469 e. The maximum absolute atomic E-state index is 11.0. The summed E-state index contributed by atoms with van der Waals surface area (Å²) in [6.45, 7) is 3.01. The lowest BCUT2D eigenvalue weighted by Crippen LogP contribution is -2.30. The van der Waals surface area contributed by atoms with Crippen LogP contribution < -0.4 is 14.8 Å². The summed E-state index contributed by atoms with van der Waals surface area (Å²) in [5, 5.41) is 3.29. The van der Waals surface area contributed by atoms with E-state index in [4.69, 9.17) is 9.47 Å². The van der Waals surface area contributed by atoms with E-state index in [1.165, 1.54) is 12.7 Å². The number of carbonyl (C=O) groups is 1. The first-order valence-corrected chi connectivity index (χ1v) is 6.38. The van der Waals surface area contributed by atoms with E-state index in [9.17, 15) is 4.79 Å². The number of ether oxygens (including phenoxy) is 3. The van der Waals surface area contributed by atoms with Gasteiger partial charge in [-0.1, -0.05) is 6.07 Å². The van der Waals surface area contributed by atoms with Crippen molar-refractivity contribution in [1.82, 2.24) is 5.32 Å². The Hall–Kier alpha value is -1.75. The van der Waals surface area contributed by atoms with Crippen LogP contribution in [0.4, 0.5) is 0 Å². The van der Waals surface area contributed by atoms with Crippen LogP contribution in [0.25, 0.3) is 0 Å². The topological polar surface area (TPSA) is 56.8 Å². The Labute approximate surface area is 112 Å². The third kappa shape index (κ3) is 3.86. The fraction of sp³-hybridized carbons (Fsp3) is 0.500. The number of carbonyl (C=O) groups excluding carboxylic acids is 1. The molecule has 0 aromatic heterocycles. The number of benzene rings is 1. The molecule has 0 fully saturated rings. The number of esters is 1. The molecule has 0 saturated heterocycles. The number of nitrogens with one attached hydrogen (secondary N) is 1. The number of fused-ring (bicyclic) bond motifs is 1. The molecule has 1 heterocycles. The van der Waals surface area contributed by atoms with Crippen LogP contribution in [-0.4, -0.2) is 32.5 Å². The Bertz CT molecular complexity index is 447. The number of hydrogen-bond acceptors (Lipinski definition) is 5. The van der Waals surface area contributed by atoms with Crippen LogP contribution in [0.1, 0.15) is 18.9 Å². The van der Waals surface area contributed by atoms with E-state index in [0.717, 1.165) is 17.9 Å². The van der Waals surface area contributed by atoms with E-state index >= 15 is 0 Å². The molecular formula is C14H19NO4. The van der Waals surface area contributed by atoms with Crippen molar-refractivity contribution >= 4 is 5.97 Å². The van der Waals surface area contributed by atoms with E-state index in [1.54, 1.807) is 0 Å². The summed E-state index contributed by atoms with van der Waals surface area (Å²) < 4.78 is 15.2. The van der Waals surface area contributed by atoms with Crippen LogP contribution in [0.2, 0.25) is 0 Å². The molecule has 0 bridgehead atoms. The quantitative estimate of drug-likeness (QED) is 0.790. The summed E-state index contributed by atoms with van der Waals surface area (Å²) in [6, 6.07) is 6.25. The summed E-state index contributed by atoms with van der Waals surface area (Å²) in [6.07, 6.45) is 1.26. The van der Waals surface area contributed by atoms with E-state index < -0.39 is 0 Å². The maximum Gasteiger partial charge on any atom is 0.306 e. The van der Waals surface area contributed by atoms with Crippen LogP contribution in [0.5, 0.6) is 11.5 Å². The number of rotatable bonds is 6. The minimum absolute atomic E-state index is 0.192. The van der Waals surface area contributed by atoms with Gasteiger partial charge in [0.2, 0.25) is 6.79 Å². The predicted octanol–water partition coefficient (Wildman–Crippen LogP) is 1.50. The van der Waals surface area contributed by atoms with Crippen molar-refractivity contribution in [1.29, 1.82) is 0 Å². The Balaban J connectivity index is 1.79. The third-order valence-corrected chi connectivity index (χ3v) is 3.03. The van der Waals surface area contributed by atoms with Gasteiger partial charge in [0, 0.05) is 12.6 Å². The summed E-state index contributed by atoms with van der Waals surface area (Å²) in [5.74, 6) is 1.41. The second-order valence-electron chi connectivity index (χ2n) is 4.57. The molecule has 1 aliphatic heterocycles. The molecule has 5 nitrogen and oxygen atoms in total. The van der Waals surface area contributed by atoms with Crippen LogP contribution in [0, 0.1) is 0 Å². The Kier molecular flexibility index (Phi) is 4.63. The van der Waals surface area contributed by atoms with Gasteiger partial charge in [-0.05, 0) is 31.0 Å². The Morgan fingerprint density at radius 3 is 3.00 bits per heavy atom. The van der Waals surface area contributed by atoms with Crippen molar-refractivity contribution in [3.8, 4) is 11.5 Å². The fourth-order valence-corrected chi connectivity index (χ4v) is 2.02. The zero-order chi connectivity index (χ0) is 13.7. The summed E-state index contributed by atoms with van der Waals surface area (Å²) in [7, 11) is 1.40. The van der Waals surface area contributed by atoms with Crippen molar-refractivity contribution in [2.75, 3.05) is 20.4 Å². The molecule has 1 aliphatic rings. The van der Waals surface area contributed by atoms with Crippen LogP contribution in [0.3, 0.4) is 0 Å². The van der Waals surface area contributed by atoms with Gasteiger partial charge in [-0.25, -0.2) is 0 Å². The first-order chi connectivity index (χ1) is 9.19. The number of methoxy groups -OCH3 is 1. The fourth-order valence-electron chi connectivity index (χ4n) is 2.02. The van der Waals surface area contributed by atoms with Gasteiger partial charge in [0.05, 0.1) is 13.5 Å². The molecule has 0 aliphatic carbocycles. The highest BCUT2D eigenvalue weighted by Crippen LogP contribution is 2.32. The highest BCUT2D eigenvalue weighted by atomic mass is 16.7. The molecule has 0 radical (unpaired) electrons. The zero-order valence-corrected chi connectivity index (χ0v) is 11.3. The van der Waals surface area contributed by atoms with Crippen molar-refractivity contribution < 1.29 is 19.0 Å². The molecule has 0 saturated carbocycles. The maximum atomic E-state index is 11.0. The Morgan fingerprint density at radius 1 is 1.42 bits per heavy atom. The molecule has 1 unspecified atom stereocenters. The van der Waals surface area contributed by atoms with Gasteiger partial charge >= 0.3 is 5.97 Å². The van der Waals surface area contributed by atoms with Gasteiger partial charge in [-0.15, -0.1) is 0 Å². The predicted molar refractivity (Wildman–Crippen MR) is 70.4 cm³/mol. The lowest BCUT2D eigenvalue weighted by molar-refractivity contribution is -0.140. The molecule has 1 aromatic carbocycles. The third-order valence-electron chi connectivity index (χ3n) is 3.03. The van der Waals surface area contributed by atoms with Crippen molar-refractivity contribution in [2.24, 2.45) is 0 Å². The summed E-state index contributed by atoms with van der Waals surface area (Å²) in [4.78, 5) is 11.0. The highest BCUT2D eigenvalue weighted by Gasteiger charge is 2.14. The average molecular weight is 265 g/mol. The molecule has 2 rings (SSSR count). The molecule has 0 amide bonds. The van der Waals surface area contributed by atoms with Gasteiger partial charge in [0.1, 0.15) is 0 Å². The minimum Gasteiger partial charge on any atom is -0.469 e. The lowest BCUT2D eigenvalue weighted by Gasteiger charge is -2.13. The number of hydrogen-bond donors (Lipinski definition) is 1. The SMILES string of the molecule is COC(=O)CCNC(C)Cc1ccc2c(c1)OCO2. The zero-order valence-electron chi connectivity index (χ0n) is 11.3. The standard InChI is InChI=1S/C14H19NO4/c1-10(15-6-5-14(16)17-2)7-11-3-4-12-13(8-11)19-9-18-12/h3-4,8,10,15H,5-7,9H2,1-2H3. The van der Waals surface area contributed by atoms with Gasteiger partial charge < -0.3 is 19.5 Å². The first kappa shape index (κ1) is 13.7. The lowest BCUT2D eigenvalue weighted by atomic mass is 10.1. The molecular weight excluding hydrogens is 246 g/mol. The molecule has 19 heavy (non-hydrogen) atoms. The van der Waals surface area contributed by atoms with Gasteiger partial charge in [0.25, 0.3) is 0 Å². The highest BCUT2D eigenvalue weighted by molar-refractivity contribution is 5.69. The van der Waals surface area contributed by atoms with E-state index in [2.05, 4.69) is 17.0 Å². The summed E-state index contributed by atoms with van der Waals surface area (Å²) >= 11 is 0. The van der Waals surface area contributed by atoms with Crippen molar-refractivity contribution in [3.05, 3.63) is 23.8 Å². The van der Waals surface area contributed by atoms with Crippen LogP contribution in [-0.2, 0) is 16.0 Å². The summed E-state index contributed by atoms with van der Waals surface area (Å²) in [5.41, 5.74) is 1.18. The molecule has 104 valence electrons. The molecule has 5 heteroatoms. The van der Waals surface area contributed by atoms with Crippen LogP contribution >= 0.6 is 0 Å². The minimum atomic E-state index is -0.192. The van der Waals surface area contributed by atoms with Gasteiger partial charge in [-0.2, -0.15) is 0 Å². The second kappa shape index (κ2) is 6.43. The van der Waals surface area contributed by atoms with Gasteiger partial charge in [-0.3, -0.25) is 4.79 Å². The van der Waals surface area contributed by atoms with Crippen molar-refractivity contribution in [3.63, 3.8) is 0 Å². The van der Waals surface area contributed by atoms with E-state index in [0.29, 0.717) is 19.8 Å². The monoisotopic (exact) mass is 265 g/mol. The Morgan fingerprint density at radius 2 is 2.21 bits per heavy atom.